The van der Waals surface area contributed by atoms with E-state index in [0.29, 0.717) is 21.5 Å². The van der Waals surface area contributed by atoms with E-state index in [1.807, 2.05) is 13.8 Å². The molecule has 0 aliphatic heterocycles. The molecule has 3 aromatic rings. The summed E-state index contributed by atoms with van der Waals surface area (Å²) in [7, 11) is 8.65. The molecule has 0 amide bonds. The predicted octanol–water partition coefficient (Wildman–Crippen LogP) is 3.23. The molecule has 0 N–H and O–H groups in total. The van der Waals surface area contributed by atoms with E-state index in [1.165, 1.54) is 49.6 Å². The SMILES string of the molecule is Cc1cc2cnnccnncc3cc(C)cc(cnnccnncc(c1)c2[O-])c3[O-].[Cl][Co+].[Cl][Co+]. The van der Waals surface area contributed by atoms with Crippen LogP contribution >= 0.6 is 20.3 Å². The zero-order chi connectivity index (χ0) is 26.8. The van der Waals surface area contributed by atoms with Gasteiger partial charge >= 0.3 is 50.0 Å². The Labute approximate surface area is 231 Å². The van der Waals surface area contributed by atoms with Crippen LogP contribution in [0.15, 0.2) is 73.8 Å². The quantitative estimate of drug-likeness (QED) is 0.369. The van der Waals surface area contributed by atoms with Crippen molar-refractivity contribution in [2.45, 2.75) is 13.8 Å². The molecule has 1 heterocycles. The molecule has 10 nitrogen and oxygen atoms in total. The van der Waals surface area contributed by atoms with Gasteiger partial charge in [0.05, 0.1) is 49.6 Å². The van der Waals surface area contributed by atoms with E-state index in [2.05, 4.69) is 90.8 Å². The second-order valence-electron chi connectivity index (χ2n) is 6.58. The van der Waals surface area contributed by atoms with E-state index in [4.69, 9.17) is 0 Å². The third-order valence-electron chi connectivity index (χ3n) is 4.04. The van der Waals surface area contributed by atoms with E-state index in [1.54, 1.807) is 24.3 Å². The number of rotatable bonds is 0. The third-order valence-corrected chi connectivity index (χ3v) is 4.04. The Morgan fingerprint density at radius 3 is 0.917 bits per heavy atom. The van der Waals surface area contributed by atoms with Gasteiger partial charge in [0.15, 0.2) is 0 Å². The Morgan fingerprint density at radius 1 is 0.472 bits per heavy atom. The van der Waals surface area contributed by atoms with E-state index in [9.17, 15) is 10.2 Å². The fourth-order valence-corrected chi connectivity index (χ4v) is 2.70. The summed E-state index contributed by atoms with van der Waals surface area (Å²) in [4.78, 5) is 0. The molecule has 0 unspecified atom stereocenters. The van der Waals surface area contributed by atoms with Gasteiger partial charge in [0.1, 0.15) is 0 Å². The maximum atomic E-state index is 12.5. The van der Waals surface area contributed by atoms with Crippen LogP contribution in [0.25, 0.3) is 21.5 Å². The standard InChI is InChI=1S/C22H20N8O2.2ClH.2Co/c1-15-7-17-11-27-23-3-5-25-29-13-19-9-16(2)10-20(22(19)32)14-30-26-6-4-24-28-12-18(8-15)21(17)31;;;;/h3-14,31-32H,1-2H3;2*1H;;/q;;;2*+2/p-4. The Hall–Kier alpha value is -3.01. The molecule has 1 aromatic heterocycles. The molecule has 0 aliphatic rings. The number of fused-ring (bicyclic) bond motifs is 4. The van der Waals surface area contributed by atoms with Crippen LogP contribution in [0.2, 0.25) is 0 Å². The van der Waals surface area contributed by atoms with E-state index < -0.39 is 0 Å². The first-order valence-electron chi connectivity index (χ1n) is 9.66. The Kier molecular flexibility index (Phi) is 15.8. The average Bonchev–Trinajstić information content (AvgIpc) is 2.88. The summed E-state index contributed by atoms with van der Waals surface area (Å²) >= 11 is 6.07. The molecule has 0 fully saturated rings. The second kappa shape index (κ2) is 18.3. The fraction of sp³-hybridized carbons (Fsp3) is 0.0909. The van der Waals surface area contributed by atoms with Crippen LogP contribution in [0.3, 0.4) is 0 Å². The molecule has 4 bridgehead atoms. The monoisotopic (exact) mass is 614 g/mol. The van der Waals surface area contributed by atoms with Crippen molar-refractivity contribution in [3.8, 4) is 11.5 Å². The van der Waals surface area contributed by atoms with Crippen molar-refractivity contribution in [1.29, 1.82) is 0 Å². The van der Waals surface area contributed by atoms with Crippen molar-refractivity contribution in [2.24, 2.45) is 0 Å². The van der Waals surface area contributed by atoms with Gasteiger partial charge in [-0.25, -0.2) is 0 Å². The molecule has 2 aromatic carbocycles. The van der Waals surface area contributed by atoms with Crippen molar-refractivity contribution >= 4 is 41.8 Å². The summed E-state index contributed by atoms with van der Waals surface area (Å²) in [5.41, 5.74) is 1.72. The van der Waals surface area contributed by atoms with Gasteiger partial charge in [0.2, 0.25) is 0 Å². The zero-order valence-corrected chi connectivity index (χ0v) is 22.3. The summed E-state index contributed by atoms with van der Waals surface area (Å²) in [6, 6.07) is 6.78. The first-order chi connectivity index (χ1) is 17.5. The minimum atomic E-state index is -0.253. The summed E-state index contributed by atoms with van der Waals surface area (Å²) in [6.07, 6.45) is 10.6. The maximum absolute atomic E-state index is 12.5. The molecule has 190 valence electrons. The van der Waals surface area contributed by atoms with Crippen molar-refractivity contribution in [2.75, 3.05) is 0 Å². The topological polar surface area (TPSA) is 149 Å². The Balaban J connectivity index is 0.00000154. The molecule has 0 radical (unpaired) electrons. The number of halogens is 2. The molecule has 36 heavy (non-hydrogen) atoms. The van der Waals surface area contributed by atoms with Gasteiger partial charge in [-0.3, -0.25) is 0 Å². The molecule has 0 spiro atoms. The van der Waals surface area contributed by atoms with E-state index in [0.717, 1.165) is 11.1 Å². The Bertz CT molecular complexity index is 1170. The molecule has 0 aliphatic carbocycles. The third kappa shape index (κ3) is 10.7. The van der Waals surface area contributed by atoms with E-state index in [-0.39, 0.29) is 11.5 Å². The number of aromatic nitrogens is 8. The van der Waals surface area contributed by atoms with Crippen LogP contribution in [0.5, 0.6) is 11.5 Å². The number of hydrogen-bond acceptors (Lipinski definition) is 10. The number of benzene rings is 2. The molecule has 0 saturated heterocycles. The minimum absolute atomic E-state index is 0.253. The number of nitrogens with zero attached hydrogens (tertiary/aromatic N) is 8. The molecule has 3 rings (SSSR count). The van der Waals surface area contributed by atoms with Crippen molar-refractivity contribution in [3.63, 3.8) is 0 Å². The van der Waals surface area contributed by atoms with Crippen LogP contribution in [0, 0.1) is 13.8 Å². The summed E-state index contributed by atoms with van der Waals surface area (Å²) in [5, 5.41) is 57.0. The van der Waals surface area contributed by atoms with Gasteiger partial charge in [-0.2, -0.15) is 40.8 Å². The van der Waals surface area contributed by atoms with Crippen LogP contribution in [0.1, 0.15) is 11.1 Å². The number of hydrogen-bond donors (Lipinski definition) is 0. The molecule has 0 atom stereocenters. The average molecular weight is 615 g/mol. The van der Waals surface area contributed by atoms with Gasteiger partial charge in [-0.1, -0.05) is 35.8 Å². The Morgan fingerprint density at radius 2 is 0.694 bits per heavy atom. The summed E-state index contributed by atoms with van der Waals surface area (Å²) in [5.74, 6) is -0.505. The van der Waals surface area contributed by atoms with Crippen LogP contribution < -0.4 is 10.2 Å². The van der Waals surface area contributed by atoms with Gasteiger partial charge in [-0.15, -0.1) is 0 Å². The normalized spacial score (nSPS) is 9.06. The van der Waals surface area contributed by atoms with Crippen molar-refractivity contribution < 1.29 is 39.9 Å². The summed E-state index contributed by atoms with van der Waals surface area (Å²) < 4.78 is 0. The predicted molar refractivity (Wildman–Crippen MR) is 126 cm³/mol. The number of aryl methyl sites for hydroxylation is 2. The first kappa shape index (κ1) is 31.0. The van der Waals surface area contributed by atoms with Gasteiger partial charge < -0.3 is 10.2 Å². The molecule has 14 heteroatoms. The van der Waals surface area contributed by atoms with E-state index >= 15 is 0 Å². The first-order valence-corrected chi connectivity index (χ1v) is 12.5. The molecular formula is C22H18Cl2Co2N8O2. The van der Waals surface area contributed by atoms with Crippen LogP contribution in [-0.4, -0.2) is 40.8 Å². The van der Waals surface area contributed by atoms with Crippen LogP contribution in [0.4, 0.5) is 0 Å². The van der Waals surface area contributed by atoms with Gasteiger partial charge in [0.25, 0.3) is 0 Å². The van der Waals surface area contributed by atoms with Gasteiger partial charge in [0, 0.05) is 0 Å². The fourth-order valence-electron chi connectivity index (χ4n) is 2.70. The van der Waals surface area contributed by atoms with Crippen molar-refractivity contribution in [1.82, 2.24) is 40.8 Å². The second-order valence-corrected chi connectivity index (χ2v) is 6.58. The molecular weight excluding hydrogens is 597 g/mol. The van der Waals surface area contributed by atoms with Crippen LogP contribution in [-0.2, 0) is 29.7 Å². The molecule has 0 saturated carbocycles. The van der Waals surface area contributed by atoms with Gasteiger partial charge in [-0.05, 0) is 46.5 Å². The van der Waals surface area contributed by atoms with Crippen molar-refractivity contribution in [3.05, 3.63) is 85.0 Å². The zero-order valence-electron chi connectivity index (χ0n) is 18.7. The summed E-state index contributed by atoms with van der Waals surface area (Å²) in [6.45, 7) is 3.70.